The van der Waals surface area contributed by atoms with Gasteiger partial charge in [-0.05, 0) is 36.2 Å². The van der Waals surface area contributed by atoms with Crippen molar-refractivity contribution in [3.8, 4) is 28.3 Å². The summed E-state index contributed by atoms with van der Waals surface area (Å²) in [5.74, 6) is 0.927. The number of rotatable bonds is 6. The molecule has 0 saturated carbocycles. The minimum atomic E-state index is -3.30. The van der Waals surface area contributed by atoms with Gasteiger partial charge in [0.05, 0.1) is 23.5 Å². The van der Waals surface area contributed by atoms with E-state index in [-0.39, 0.29) is 5.03 Å². The van der Waals surface area contributed by atoms with Crippen molar-refractivity contribution in [1.82, 2.24) is 34.3 Å². The van der Waals surface area contributed by atoms with E-state index >= 15 is 0 Å². The smallest absolute Gasteiger partial charge is 0.192 e. The zero-order valence-electron chi connectivity index (χ0n) is 22.6. The molecule has 2 atom stereocenters. The Hall–Kier alpha value is -4.60. The van der Waals surface area contributed by atoms with Gasteiger partial charge in [-0.25, -0.2) is 22.9 Å². The number of pyridine rings is 3. The molecule has 3 saturated heterocycles. The van der Waals surface area contributed by atoms with Gasteiger partial charge in [-0.15, -0.1) is 0 Å². The minimum absolute atomic E-state index is 0.104. The fraction of sp³-hybridized carbons (Fsp3) is 0.276. The van der Waals surface area contributed by atoms with Crippen molar-refractivity contribution >= 4 is 21.2 Å². The Balaban J connectivity index is 1.10. The highest BCUT2D eigenvalue weighted by molar-refractivity contribution is 7.90. The van der Waals surface area contributed by atoms with Crippen molar-refractivity contribution in [2.24, 2.45) is 7.05 Å². The number of aryl methyl sites for hydroxylation is 1. The number of anilines is 1. The van der Waals surface area contributed by atoms with Crippen molar-refractivity contribution in [2.45, 2.75) is 30.1 Å². The fourth-order valence-corrected chi connectivity index (χ4v) is 6.51. The van der Waals surface area contributed by atoms with Gasteiger partial charge in [0.15, 0.2) is 14.9 Å². The zero-order valence-corrected chi connectivity index (χ0v) is 23.4. The van der Waals surface area contributed by atoms with Crippen LogP contribution in [0.3, 0.4) is 0 Å². The Kier molecular flexibility index (Phi) is 5.88. The summed E-state index contributed by atoms with van der Waals surface area (Å²) in [7, 11) is -1.42. The molecule has 0 amide bonds. The monoisotopic (exact) mass is 565 g/mol. The summed E-state index contributed by atoms with van der Waals surface area (Å²) in [6.07, 6.45) is 13.1. The van der Waals surface area contributed by atoms with E-state index in [0.29, 0.717) is 17.6 Å². The number of nitriles is 1. The van der Waals surface area contributed by atoms with Gasteiger partial charge in [-0.2, -0.15) is 15.5 Å². The largest absolute Gasteiger partial charge is 0.353 e. The van der Waals surface area contributed by atoms with Gasteiger partial charge < -0.3 is 4.90 Å². The number of fused-ring (bicyclic) bond motifs is 3. The van der Waals surface area contributed by atoms with E-state index in [1.807, 2.05) is 44.0 Å². The molecule has 41 heavy (non-hydrogen) atoms. The summed E-state index contributed by atoms with van der Waals surface area (Å²) in [5, 5.41) is 18.5. The Labute approximate surface area is 237 Å². The number of nitrogens with zero attached hydrogens (tertiary/aromatic N) is 9. The minimum Gasteiger partial charge on any atom is -0.353 e. The van der Waals surface area contributed by atoms with Gasteiger partial charge in [0.25, 0.3) is 0 Å². The lowest BCUT2D eigenvalue weighted by atomic mass is 9.87. The maximum absolute atomic E-state index is 11.7. The second-order valence-corrected chi connectivity index (χ2v) is 12.8. The molecule has 5 aromatic heterocycles. The number of sulfone groups is 1. The molecule has 8 heterocycles. The molecule has 0 aliphatic carbocycles. The molecule has 12 heteroatoms. The van der Waals surface area contributed by atoms with E-state index in [1.165, 1.54) is 6.26 Å². The van der Waals surface area contributed by atoms with Crippen LogP contribution in [-0.2, 0) is 23.4 Å². The highest BCUT2D eigenvalue weighted by Gasteiger charge is 2.44. The van der Waals surface area contributed by atoms with Gasteiger partial charge in [-0.1, -0.05) is 6.07 Å². The van der Waals surface area contributed by atoms with Crippen LogP contribution >= 0.6 is 0 Å². The second kappa shape index (κ2) is 9.50. The maximum Gasteiger partial charge on any atom is 0.192 e. The molecule has 0 aromatic carbocycles. The molecule has 11 nitrogen and oxygen atoms in total. The predicted molar refractivity (Wildman–Crippen MR) is 153 cm³/mol. The van der Waals surface area contributed by atoms with Crippen LogP contribution in [0.2, 0.25) is 0 Å². The van der Waals surface area contributed by atoms with E-state index in [9.17, 15) is 13.7 Å². The molecule has 206 valence electrons. The van der Waals surface area contributed by atoms with Crippen LogP contribution in [0.25, 0.3) is 27.8 Å². The van der Waals surface area contributed by atoms with Gasteiger partial charge in [0.2, 0.25) is 0 Å². The van der Waals surface area contributed by atoms with Gasteiger partial charge in [-0.3, -0.25) is 9.58 Å². The van der Waals surface area contributed by atoms with E-state index < -0.39 is 9.84 Å². The van der Waals surface area contributed by atoms with E-state index in [2.05, 4.69) is 43.2 Å². The first-order valence-corrected chi connectivity index (χ1v) is 15.2. The first-order chi connectivity index (χ1) is 19.8. The lowest BCUT2D eigenvalue weighted by molar-refractivity contribution is -0.00877. The van der Waals surface area contributed by atoms with E-state index in [0.717, 1.165) is 65.2 Å². The third-order valence-electron chi connectivity index (χ3n) is 8.04. The highest BCUT2D eigenvalue weighted by Crippen LogP contribution is 2.36. The lowest BCUT2D eigenvalue weighted by Crippen LogP contribution is -2.68. The summed E-state index contributed by atoms with van der Waals surface area (Å²) >= 11 is 0. The van der Waals surface area contributed by atoms with Crippen LogP contribution in [0.15, 0.2) is 72.5 Å². The summed E-state index contributed by atoms with van der Waals surface area (Å²) in [6.45, 7) is 2.50. The third-order valence-corrected chi connectivity index (χ3v) is 9.04. The number of piperazine rings is 1. The third kappa shape index (κ3) is 4.53. The molecular weight excluding hydrogens is 538 g/mol. The van der Waals surface area contributed by atoms with Crippen LogP contribution in [0.5, 0.6) is 0 Å². The van der Waals surface area contributed by atoms with E-state index in [1.54, 1.807) is 27.7 Å². The molecule has 3 fully saturated rings. The summed E-state index contributed by atoms with van der Waals surface area (Å²) in [4.78, 5) is 13.8. The second-order valence-electron chi connectivity index (χ2n) is 10.8. The lowest BCUT2D eigenvalue weighted by Gasteiger charge is -2.56. The van der Waals surface area contributed by atoms with Crippen LogP contribution < -0.4 is 4.90 Å². The highest BCUT2D eigenvalue weighted by atomic mass is 32.2. The van der Waals surface area contributed by atoms with Crippen LogP contribution in [-0.4, -0.2) is 74.1 Å². The van der Waals surface area contributed by atoms with Crippen molar-refractivity contribution < 1.29 is 8.42 Å². The first kappa shape index (κ1) is 25.4. The molecule has 2 bridgehead atoms. The molecule has 3 aliphatic heterocycles. The van der Waals surface area contributed by atoms with Crippen LogP contribution in [0.4, 0.5) is 5.82 Å². The maximum atomic E-state index is 11.7. The van der Waals surface area contributed by atoms with Crippen molar-refractivity contribution in [3.63, 3.8) is 0 Å². The van der Waals surface area contributed by atoms with Gasteiger partial charge in [0.1, 0.15) is 11.9 Å². The number of hydrogen-bond donors (Lipinski definition) is 0. The topological polar surface area (TPSA) is 125 Å². The average molecular weight is 566 g/mol. The Morgan fingerprint density at radius 1 is 0.951 bits per heavy atom. The van der Waals surface area contributed by atoms with E-state index in [4.69, 9.17) is 4.98 Å². The fourth-order valence-electron chi connectivity index (χ4n) is 5.95. The normalized spacial score (nSPS) is 18.8. The quantitative estimate of drug-likeness (QED) is 0.305. The molecule has 8 rings (SSSR count). The van der Waals surface area contributed by atoms with Crippen LogP contribution in [0.1, 0.15) is 17.5 Å². The number of aromatic nitrogens is 6. The zero-order chi connectivity index (χ0) is 28.3. The van der Waals surface area contributed by atoms with Crippen molar-refractivity contribution in [1.29, 1.82) is 5.26 Å². The summed E-state index contributed by atoms with van der Waals surface area (Å²) < 4.78 is 26.9. The number of hydrogen-bond acceptors (Lipinski definition) is 9. The SMILES string of the molecule is Cn1cc(-c2cc(-c3ccc(N4CC5CC(C4)N5Cc4ccc(S(C)(=O)=O)nc4)nc3)c3c(C#N)cnn3c2)cn1. The Morgan fingerprint density at radius 2 is 1.78 bits per heavy atom. The van der Waals surface area contributed by atoms with Crippen LogP contribution in [0, 0.1) is 11.3 Å². The molecule has 0 spiro atoms. The van der Waals surface area contributed by atoms with Gasteiger partial charge in [0, 0.05) is 92.1 Å². The number of piperidine rings is 1. The first-order valence-electron chi connectivity index (χ1n) is 13.3. The molecule has 0 radical (unpaired) electrons. The molecule has 0 N–H and O–H groups in total. The Bertz CT molecular complexity index is 1910. The molecule has 5 aromatic rings. The average Bonchev–Trinajstić information content (AvgIpc) is 3.61. The van der Waals surface area contributed by atoms with Gasteiger partial charge >= 0.3 is 0 Å². The molecular formula is C29H27N9O2S. The Morgan fingerprint density at radius 3 is 2.41 bits per heavy atom. The van der Waals surface area contributed by atoms with Crippen molar-refractivity contribution in [3.05, 3.63) is 78.6 Å². The predicted octanol–water partition coefficient (Wildman–Crippen LogP) is 2.93. The van der Waals surface area contributed by atoms with Crippen molar-refractivity contribution in [2.75, 3.05) is 24.2 Å². The summed E-state index contributed by atoms with van der Waals surface area (Å²) in [5.41, 5.74) is 6.00. The molecule has 2 unspecified atom stereocenters. The molecule has 3 aliphatic rings. The standard InChI is InChI=1S/C29H27N9O2S/c1-35-15-23(13-33-35)21-7-26(29-22(9-30)12-34-38(29)16-21)20-4-5-27(31-11-20)36-17-24-8-25(18-36)37(24)14-19-3-6-28(32-10-19)41(2,39)40/h3-7,10-13,15-16,24-25H,8,14,17-18H2,1-2H3. The summed E-state index contributed by atoms with van der Waals surface area (Å²) in [6, 6.07) is 12.7.